The van der Waals surface area contributed by atoms with Crippen LogP contribution in [0.5, 0.6) is 5.75 Å². The molecule has 0 atom stereocenters. The van der Waals surface area contributed by atoms with Gasteiger partial charge in [-0.2, -0.15) is 0 Å². The Bertz CT molecular complexity index is 1080. The zero-order valence-electron chi connectivity index (χ0n) is 15.3. The van der Waals surface area contributed by atoms with Crippen LogP contribution in [0.15, 0.2) is 89.5 Å². The number of hydrogen-bond donors (Lipinski definition) is 0. The van der Waals surface area contributed by atoms with Gasteiger partial charge in [-0.05, 0) is 35.9 Å². The molecule has 0 aliphatic carbocycles. The lowest BCUT2D eigenvalue weighted by Gasteiger charge is -2.09. The zero-order chi connectivity index (χ0) is 19.3. The Balaban J connectivity index is 1.46. The molecule has 0 unspecified atom stereocenters. The van der Waals surface area contributed by atoms with Gasteiger partial charge in [0.15, 0.2) is 5.78 Å². The Morgan fingerprint density at radius 3 is 2.46 bits per heavy atom. The summed E-state index contributed by atoms with van der Waals surface area (Å²) < 4.78 is 9.13. The van der Waals surface area contributed by atoms with E-state index in [4.69, 9.17) is 4.74 Å². The maximum Gasteiger partial charge on any atom is 0.164 e. The first kappa shape index (κ1) is 18.5. The average molecular weight is 434 g/mol. The van der Waals surface area contributed by atoms with Gasteiger partial charge in [0.05, 0.1) is 5.52 Å². The summed E-state index contributed by atoms with van der Waals surface area (Å²) in [5, 5.41) is 1.06. The van der Waals surface area contributed by atoms with E-state index in [9.17, 15) is 4.79 Å². The monoisotopic (exact) mass is 433 g/mol. The van der Waals surface area contributed by atoms with Crippen LogP contribution in [0, 0.1) is 0 Å². The summed E-state index contributed by atoms with van der Waals surface area (Å²) in [4.78, 5) is 12.5. The maximum absolute atomic E-state index is 12.5. The molecule has 0 saturated carbocycles. The van der Waals surface area contributed by atoms with Crippen LogP contribution in [0.4, 0.5) is 0 Å². The SMILES string of the molecule is O=C(CCn1ccc2c(OCc3ccccc3)cccc21)c1ccc(Br)cc1. The van der Waals surface area contributed by atoms with Gasteiger partial charge in [-0.15, -0.1) is 0 Å². The molecule has 0 aliphatic rings. The molecule has 0 aliphatic heterocycles. The standard InChI is InChI=1S/C24H20BrNO2/c25-20-11-9-19(10-12-20)23(27)14-16-26-15-13-21-22(26)7-4-8-24(21)28-17-18-5-2-1-3-6-18/h1-13,15H,14,16-17H2. The van der Waals surface area contributed by atoms with Crippen molar-refractivity contribution in [1.29, 1.82) is 0 Å². The van der Waals surface area contributed by atoms with Crippen molar-refractivity contribution in [3.05, 3.63) is 101 Å². The number of rotatable bonds is 7. The van der Waals surface area contributed by atoms with Crippen molar-refractivity contribution in [3.8, 4) is 5.75 Å². The number of carbonyl (C=O) groups is 1. The number of benzene rings is 3. The van der Waals surface area contributed by atoms with E-state index in [1.165, 1.54) is 0 Å². The van der Waals surface area contributed by atoms with E-state index < -0.39 is 0 Å². The quantitative estimate of drug-likeness (QED) is 0.322. The van der Waals surface area contributed by atoms with E-state index in [1.807, 2.05) is 60.8 Å². The predicted molar refractivity (Wildman–Crippen MR) is 116 cm³/mol. The number of aryl methyl sites for hydroxylation is 1. The molecule has 140 valence electrons. The Labute approximate surface area is 172 Å². The smallest absolute Gasteiger partial charge is 0.164 e. The van der Waals surface area contributed by atoms with Crippen LogP contribution in [0.3, 0.4) is 0 Å². The van der Waals surface area contributed by atoms with Crippen LogP contribution >= 0.6 is 15.9 Å². The fourth-order valence-electron chi connectivity index (χ4n) is 3.25. The lowest BCUT2D eigenvalue weighted by Crippen LogP contribution is -2.05. The van der Waals surface area contributed by atoms with Crippen molar-refractivity contribution < 1.29 is 9.53 Å². The van der Waals surface area contributed by atoms with Gasteiger partial charge in [-0.25, -0.2) is 0 Å². The summed E-state index contributed by atoms with van der Waals surface area (Å²) in [7, 11) is 0. The number of nitrogens with zero attached hydrogens (tertiary/aromatic N) is 1. The summed E-state index contributed by atoms with van der Waals surface area (Å²) >= 11 is 3.40. The predicted octanol–water partition coefficient (Wildman–Crippen LogP) is 6.26. The van der Waals surface area contributed by atoms with Gasteiger partial charge in [0.25, 0.3) is 0 Å². The molecular weight excluding hydrogens is 414 g/mol. The average Bonchev–Trinajstić information content (AvgIpc) is 3.15. The fourth-order valence-corrected chi connectivity index (χ4v) is 3.52. The molecule has 0 saturated heterocycles. The Kier molecular flexibility index (Phi) is 5.58. The minimum absolute atomic E-state index is 0.144. The van der Waals surface area contributed by atoms with Gasteiger partial charge >= 0.3 is 0 Å². The van der Waals surface area contributed by atoms with Gasteiger partial charge in [0.2, 0.25) is 0 Å². The van der Waals surface area contributed by atoms with Crippen molar-refractivity contribution in [3.63, 3.8) is 0 Å². The molecule has 0 amide bonds. The second-order valence-corrected chi connectivity index (χ2v) is 7.57. The van der Waals surface area contributed by atoms with Gasteiger partial charge < -0.3 is 9.30 Å². The van der Waals surface area contributed by atoms with E-state index >= 15 is 0 Å². The van der Waals surface area contributed by atoms with Gasteiger partial charge in [0.1, 0.15) is 12.4 Å². The summed E-state index contributed by atoms with van der Waals surface area (Å²) in [5.41, 5.74) is 2.96. The third kappa shape index (κ3) is 4.18. The Morgan fingerprint density at radius 1 is 0.893 bits per heavy atom. The molecule has 4 rings (SSSR count). The van der Waals surface area contributed by atoms with E-state index in [-0.39, 0.29) is 5.78 Å². The summed E-state index contributed by atoms with van der Waals surface area (Å²) in [6.45, 7) is 1.17. The second-order valence-electron chi connectivity index (χ2n) is 6.65. The zero-order valence-corrected chi connectivity index (χ0v) is 16.9. The summed E-state index contributed by atoms with van der Waals surface area (Å²) in [5.74, 6) is 1.00. The summed E-state index contributed by atoms with van der Waals surface area (Å²) in [6, 6.07) is 25.7. The normalized spacial score (nSPS) is 10.9. The van der Waals surface area contributed by atoms with Crippen molar-refractivity contribution in [2.45, 2.75) is 19.6 Å². The topological polar surface area (TPSA) is 31.2 Å². The molecule has 0 fully saturated rings. The molecule has 0 N–H and O–H groups in total. The van der Waals surface area contributed by atoms with Crippen LogP contribution in [-0.4, -0.2) is 10.4 Å². The number of ether oxygens (including phenoxy) is 1. The minimum Gasteiger partial charge on any atom is -0.488 e. The number of carbonyl (C=O) groups excluding carboxylic acids is 1. The van der Waals surface area contributed by atoms with Gasteiger partial charge in [-0.1, -0.05) is 64.5 Å². The number of ketones is 1. The van der Waals surface area contributed by atoms with E-state index in [2.05, 4.69) is 44.8 Å². The number of halogens is 1. The van der Waals surface area contributed by atoms with Crippen LogP contribution in [0.25, 0.3) is 10.9 Å². The first-order chi connectivity index (χ1) is 13.7. The Hall–Kier alpha value is -2.85. The molecule has 4 heteroatoms. The van der Waals surface area contributed by atoms with E-state index in [0.29, 0.717) is 19.6 Å². The highest BCUT2D eigenvalue weighted by atomic mass is 79.9. The van der Waals surface area contributed by atoms with E-state index in [1.54, 1.807) is 0 Å². The number of Topliss-reactive ketones (excluding diaryl/α,β-unsaturated/α-hetero) is 1. The van der Waals surface area contributed by atoms with Crippen molar-refractivity contribution >= 4 is 32.6 Å². The van der Waals surface area contributed by atoms with Gasteiger partial charge in [-0.3, -0.25) is 4.79 Å². The van der Waals surface area contributed by atoms with Crippen LogP contribution in [-0.2, 0) is 13.2 Å². The number of aromatic nitrogens is 1. The van der Waals surface area contributed by atoms with E-state index in [0.717, 1.165) is 32.3 Å². The molecule has 3 nitrogen and oxygen atoms in total. The first-order valence-electron chi connectivity index (χ1n) is 9.24. The molecule has 1 heterocycles. The lowest BCUT2D eigenvalue weighted by atomic mass is 10.1. The molecule has 1 aromatic heterocycles. The minimum atomic E-state index is 0.144. The first-order valence-corrected chi connectivity index (χ1v) is 10.0. The fraction of sp³-hybridized carbons (Fsp3) is 0.125. The van der Waals surface area contributed by atoms with Crippen LogP contribution < -0.4 is 4.74 Å². The van der Waals surface area contributed by atoms with Crippen LogP contribution in [0.2, 0.25) is 0 Å². The lowest BCUT2D eigenvalue weighted by molar-refractivity contribution is 0.0977. The number of fused-ring (bicyclic) bond motifs is 1. The third-order valence-electron chi connectivity index (χ3n) is 4.76. The van der Waals surface area contributed by atoms with Crippen molar-refractivity contribution in [2.24, 2.45) is 0 Å². The molecule has 0 bridgehead atoms. The van der Waals surface area contributed by atoms with Crippen molar-refractivity contribution in [1.82, 2.24) is 4.57 Å². The van der Waals surface area contributed by atoms with Crippen molar-refractivity contribution in [2.75, 3.05) is 0 Å². The number of hydrogen-bond acceptors (Lipinski definition) is 2. The molecule has 0 radical (unpaired) electrons. The molecule has 3 aromatic carbocycles. The molecule has 4 aromatic rings. The second kappa shape index (κ2) is 8.44. The highest BCUT2D eigenvalue weighted by Gasteiger charge is 2.10. The highest BCUT2D eigenvalue weighted by Crippen LogP contribution is 2.27. The molecule has 0 spiro atoms. The third-order valence-corrected chi connectivity index (χ3v) is 5.29. The molecular formula is C24H20BrNO2. The summed E-state index contributed by atoms with van der Waals surface area (Å²) in [6.07, 6.45) is 2.48. The maximum atomic E-state index is 12.5. The molecule has 28 heavy (non-hydrogen) atoms. The Morgan fingerprint density at radius 2 is 1.68 bits per heavy atom. The van der Waals surface area contributed by atoms with Crippen LogP contribution in [0.1, 0.15) is 22.3 Å². The highest BCUT2D eigenvalue weighted by molar-refractivity contribution is 9.10. The van der Waals surface area contributed by atoms with Gasteiger partial charge in [0, 0.05) is 34.6 Å². The largest absolute Gasteiger partial charge is 0.488 e.